The molecule has 0 saturated heterocycles. The topological polar surface area (TPSA) is 82.0 Å². The highest BCUT2D eigenvalue weighted by molar-refractivity contribution is 9.10. The van der Waals surface area contributed by atoms with Gasteiger partial charge in [0.15, 0.2) is 0 Å². The van der Waals surface area contributed by atoms with Crippen molar-refractivity contribution in [3.8, 4) is 0 Å². The van der Waals surface area contributed by atoms with Gasteiger partial charge in [0.05, 0.1) is 11.1 Å². The Bertz CT molecular complexity index is 554. The highest BCUT2D eigenvalue weighted by Gasteiger charge is 2.09. The molecule has 1 amide bonds. The predicted octanol–water partition coefficient (Wildman–Crippen LogP) is 1.68. The summed E-state index contributed by atoms with van der Waals surface area (Å²) in [4.78, 5) is 15.3. The van der Waals surface area contributed by atoms with Crippen LogP contribution in [0.25, 0.3) is 10.9 Å². The summed E-state index contributed by atoms with van der Waals surface area (Å²) >= 11 is 3.32. The van der Waals surface area contributed by atoms with E-state index < -0.39 is 5.91 Å². The largest absolute Gasteiger partial charge is 0.384 e. The average Bonchev–Trinajstić information content (AvgIpc) is 2.17. The average molecular weight is 266 g/mol. The van der Waals surface area contributed by atoms with Crippen LogP contribution in [-0.4, -0.2) is 10.9 Å². The number of anilines is 1. The molecule has 2 aromatic rings. The Morgan fingerprint density at radius 1 is 1.33 bits per heavy atom. The summed E-state index contributed by atoms with van der Waals surface area (Å²) in [6.07, 6.45) is 0. The molecule has 2 rings (SSSR count). The van der Waals surface area contributed by atoms with Gasteiger partial charge in [-0.25, -0.2) is 4.98 Å². The minimum absolute atomic E-state index is 0.290. The number of hydrogen-bond acceptors (Lipinski definition) is 3. The molecule has 0 aliphatic carbocycles. The number of hydrogen-bond donors (Lipinski definition) is 2. The van der Waals surface area contributed by atoms with Gasteiger partial charge >= 0.3 is 0 Å². The van der Waals surface area contributed by atoms with Crippen molar-refractivity contribution in [1.29, 1.82) is 0 Å². The molecule has 0 fully saturated rings. The number of carbonyl (C=O) groups excluding carboxylic acids is 1. The van der Waals surface area contributed by atoms with Crippen LogP contribution in [0.15, 0.2) is 28.7 Å². The van der Waals surface area contributed by atoms with Gasteiger partial charge in [0.1, 0.15) is 5.82 Å². The fourth-order valence-electron chi connectivity index (χ4n) is 1.42. The number of primary amides is 1. The van der Waals surface area contributed by atoms with Crippen LogP contribution in [0.3, 0.4) is 0 Å². The summed E-state index contributed by atoms with van der Waals surface area (Å²) in [6.45, 7) is 0. The van der Waals surface area contributed by atoms with Crippen molar-refractivity contribution in [3.63, 3.8) is 0 Å². The van der Waals surface area contributed by atoms with Crippen LogP contribution in [0, 0.1) is 0 Å². The third-order valence-electron chi connectivity index (χ3n) is 2.06. The Labute approximate surface area is 94.4 Å². The lowest BCUT2D eigenvalue weighted by atomic mass is 10.1. The quantitative estimate of drug-likeness (QED) is 0.823. The van der Waals surface area contributed by atoms with Gasteiger partial charge in [-0.3, -0.25) is 4.79 Å². The fourth-order valence-corrected chi connectivity index (χ4v) is 1.78. The van der Waals surface area contributed by atoms with Crippen LogP contribution in [0.2, 0.25) is 0 Å². The second-order valence-corrected chi connectivity index (χ2v) is 4.04. The molecule has 0 aliphatic rings. The molecule has 5 heteroatoms. The standard InChI is InChI=1S/C10H8BrN3O/c11-5-1-2-8-6(3-5)7(10(13)15)4-9(12)14-8/h1-4H,(H2,12,14)(H2,13,15). The van der Waals surface area contributed by atoms with E-state index in [9.17, 15) is 4.79 Å². The van der Waals surface area contributed by atoms with Crippen LogP contribution in [-0.2, 0) is 0 Å². The van der Waals surface area contributed by atoms with Crippen molar-refractivity contribution >= 4 is 38.6 Å². The van der Waals surface area contributed by atoms with Crippen molar-refractivity contribution in [3.05, 3.63) is 34.3 Å². The van der Waals surface area contributed by atoms with Crippen LogP contribution in [0.1, 0.15) is 10.4 Å². The number of rotatable bonds is 1. The van der Waals surface area contributed by atoms with Crippen molar-refractivity contribution < 1.29 is 4.79 Å². The Morgan fingerprint density at radius 3 is 2.73 bits per heavy atom. The fraction of sp³-hybridized carbons (Fsp3) is 0. The van der Waals surface area contributed by atoms with Crippen LogP contribution in [0.4, 0.5) is 5.82 Å². The number of benzene rings is 1. The minimum atomic E-state index is -0.507. The number of pyridine rings is 1. The minimum Gasteiger partial charge on any atom is -0.384 e. The first-order chi connectivity index (χ1) is 7.08. The third-order valence-corrected chi connectivity index (χ3v) is 2.55. The maximum absolute atomic E-state index is 11.2. The number of nitrogens with zero attached hydrogens (tertiary/aromatic N) is 1. The monoisotopic (exact) mass is 265 g/mol. The molecule has 0 aliphatic heterocycles. The lowest BCUT2D eigenvalue weighted by Crippen LogP contribution is -2.12. The van der Waals surface area contributed by atoms with Gasteiger partial charge in [0.25, 0.3) is 0 Å². The molecule has 1 heterocycles. The van der Waals surface area contributed by atoms with E-state index >= 15 is 0 Å². The molecule has 0 atom stereocenters. The van der Waals surface area contributed by atoms with E-state index in [0.29, 0.717) is 22.3 Å². The molecule has 0 saturated carbocycles. The van der Waals surface area contributed by atoms with Gasteiger partial charge in [0.2, 0.25) is 5.91 Å². The number of carbonyl (C=O) groups is 1. The zero-order valence-corrected chi connectivity index (χ0v) is 9.28. The molecule has 76 valence electrons. The SMILES string of the molecule is NC(=O)c1cc(N)nc2ccc(Br)cc12. The van der Waals surface area contributed by atoms with Crippen LogP contribution < -0.4 is 11.5 Å². The second-order valence-electron chi connectivity index (χ2n) is 3.12. The molecule has 1 aromatic heterocycles. The molecule has 0 unspecified atom stereocenters. The molecule has 0 spiro atoms. The summed E-state index contributed by atoms with van der Waals surface area (Å²) in [6, 6.07) is 6.89. The van der Waals surface area contributed by atoms with Crippen molar-refractivity contribution in [2.24, 2.45) is 5.73 Å². The Kier molecular flexibility index (Phi) is 2.32. The number of halogens is 1. The number of amides is 1. The van der Waals surface area contributed by atoms with Gasteiger partial charge in [-0.05, 0) is 24.3 Å². The van der Waals surface area contributed by atoms with Crippen molar-refractivity contribution in [1.82, 2.24) is 4.98 Å². The van der Waals surface area contributed by atoms with E-state index in [1.165, 1.54) is 6.07 Å². The number of nitrogens with two attached hydrogens (primary N) is 2. The molecular formula is C10H8BrN3O. The van der Waals surface area contributed by atoms with Gasteiger partial charge in [-0.15, -0.1) is 0 Å². The first kappa shape index (κ1) is 9.92. The van der Waals surface area contributed by atoms with Gasteiger partial charge < -0.3 is 11.5 Å². The lowest BCUT2D eigenvalue weighted by molar-refractivity contribution is 0.100. The lowest BCUT2D eigenvalue weighted by Gasteiger charge is -2.04. The molecule has 15 heavy (non-hydrogen) atoms. The zero-order chi connectivity index (χ0) is 11.0. The van der Waals surface area contributed by atoms with E-state index in [0.717, 1.165) is 4.47 Å². The zero-order valence-electron chi connectivity index (χ0n) is 7.70. The molecule has 1 aromatic carbocycles. The Balaban J connectivity index is 2.87. The van der Waals surface area contributed by atoms with E-state index in [1.807, 2.05) is 6.07 Å². The maximum atomic E-state index is 11.2. The van der Waals surface area contributed by atoms with Crippen LogP contribution in [0.5, 0.6) is 0 Å². The normalized spacial score (nSPS) is 10.5. The first-order valence-electron chi connectivity index (χ1n) is 4.23. The van der Waals surface area contributed by atoms with Gasteiger partial charge in [0, 0.05) is 9.86 Å². The van der Waals surface area contributed by atoms with E-state index in [-0.39, 0.29) is 0 Å². The summed E-state index contributed by atoms with van der Waals surface area (Å²) in [5, 5.41) is 0.700. The third kappa shape index (κ3) is 1.78. The Morgan fingerprint density at radius 2 is 2.07 bits per heavy atom. The maximum Gasteiger partial charge on any atom is 0.249 e. The van der Waals surface area contributed by atoms with Crippen molar-refractivity contribution in [2.45, 2.75) is 0 Å². The van der Waals surface area contributed by atoms with E-state index in [2.05, 4.69) is 20.9 Å². The highest BCUT2D eigenvalue weighted by Crippen LogP contribution is 2.23. The predicted molar refractivity (Wildman–Crippen MR) is 62.4 cm³/mol. The molecule has 0 bridgehead atoms. The van der Waals surface area contributed by atoms with E-state index in [4.69, 9.17) is 11.5 Å². The summed E-state index contributed by atoms with van der Waals surface area (Å²) < 4.78 is 0.865. The first-order valence-corrected chi connectivity index (χ1v) is 5.03. The second kappa shape index (κ2) is 3.51. The smallest absolute Gasteiger partial charge is 0.249 e. The molecule has 4 nitrogen and oxygen atoms in total. The van der Waals surface area contributed by atoms with E-state index in [1.54, 1.807) is 12.1 Å². The van der Waals surface area contributed by atoms with Gasteiger partial charge in [-0.2, -0.15) is 0 Å². The highest BCUT2D eigenvalue weighted by atomic mass is 79.9. The summed E-state index contributed by atoms with van der Waals surface area (Å²) in [7, 11) is 0. The van der Waals surface area contributed by atoms with Crippen molar-refractivity contribution in [2.75, 3.05) is 5.73 Å². The molecule has 0 radical (unpaired) electrons. The number of aromatic nitrogens is 1. The summed E-state index contributed by atoms with van der Waals surface area (Å²) in [5.74, 6) is -0.217. The molecular weight excluding hydrogens is 258 g/mol. The number of fused-ring (bicyclic) bond motifs is 1. The molecule has 4 N–H and O–H groups in total. The Hall–Kier alpha value is -1.62. The summed E-state index contributed by atoms with van der Waals surface area (Å²) in [5.41, 5.74) is 11.9. The number of nitrogen functional groups attached to an aromatic ring is 1. The van der Waals surface area contributed by atoms with Crippen LogP contribution >= 0.6 is 15.9 Å². The van der Waals surface area contributed by atoms with Gasteiger partial charge in [-0.1, -0.05) is 15.9 Å².